The van der Waals surface area contributed by atoms with Crippen LogP contribution in [0.2, 0.25) is 0 Å². The fraction of sp³-hybridized carbons (Fsp3) is 0.304. The summed E-state index contributed by atoms with van der Waals surface area (Å²) in [5, 5.41) is 13.7. The van der Waals surface area contributed by atoms with Crippen molar-refractivity contribution in [1.82, 2.24) is 5.16 Å². The quantitative estimate of drug-likeness (QED) is 0.459. The molecule has 0 fully saturated rings. The van der Waals surface area contributed by atoms with E-state index >= 15 is 0 Å². The van der Waals surface area contributed by atoms with Crippen molar-refractivity contribution < 1.29 is 41.8 Å². The van der Waals surface area contributed by atoms with Crippen molar-refractivity contribution in [1.29, 1.82) is 0 Å². The molecule has 10 heteroatoms. The number of hydrogen-bond donors (Lipinski definition) is 1. The average molecular weight is 465 g/mol. The molecule has 0 radical (unpaired) electrons. The Kier molecular flexibility index (Phi) is 7.59. The average Bonchev–Trinajstić information content (AvgIpc) is 3.19. The molecular formula is C23H22F3NO6. The summed E-state index contributed by atoms with van der Waals surface area (Å²) < 4.78 is 59.6. The standard InChI is InChI=1S/C23H22F3NO6/c1-3-30-21(29)13-32-20-9-8-17(10-14(20)2)31-12-19-18(11-28)22(33-27-19)15-4-6-16(7-5-15)23(24,25)26/h4-10,28H,3,11-13H2,1-2H3. The second-order valence-electron chi connectivity index (χ2n) is 6.98. The van der Waals surface area contributed by atoms with E-state index < -0.39 is 24.3 Å². The predicted molar refractivity (Wildman–Crippen MR) is 111 cm³/mol. The molecule has 0 saturated heterocycles. The highest BCUT2D eigenvalue weighted by Gasteiger charge is 2.30. The number of ether oxygens (including phenoxy) is 3. The highest BCUT2D eigenvalue weighted by atomic mass is 19.4. The number of carbonyl (C=O) groups excluding carboxylic acids is 1. The Morgan fingerprint density at radius 3 is 2.45 bits per heavy atom. The van der Waals surface area contributed by atoms with E-state index in [2.05, 4.69) is 5.16 Å². The third kappa shape index (κ3) is 6.04. The molecular weight excluding hydrogens is 443 g/mol. The van der Waals surface area contributed by atoms with E-state index in [-0.39, 0.29) is 25.6 Å². The maximum absolute atomic E-state index is 12.8. The van der Waals surface area contributed by atoms with E-state index in [0.29, 0.717) is 28.3 Å². The molecule has 0 aliphatic heterocycles. The largest absolute Gasteiger partial charge is 0.487 e. The van der Waals surface area contributed by atoms with Gasteiger partial charge in [-0.15, -0.1) is 0 Å². The Balaban J connectivity index is 1.68. The van der Waals surface area contributed by atoms with Crippen LogP contribution >= 0.6 is 0 Å². The Labute approximate surface area is 187 Å². The van der Waals surface area contributed by atoms with Crippen LogP contribution in [0, 0.1) is 6.92 Å². The summed E-state index contributed by atoms with van der Waals surface area (Å²) in [6.45, 7) is 3.08. The highest BCUT2D eigenvalue weighted by Crippen LogP contribution is 2.33. The second-order valence-corrected chi connectivity index (χ2v) is 6.98. The van der Waals surface area contributed by atoms with Gasteiger partial charge in [-0.1, -0.05) is 17.3 Å². The summed E-state index contributed by atoms with van der Waals surface area (Å²) >= 11 is 0. The molecule has 0 aliphatic rings. The van der Waals surface area contributed by atoms with Gasteiger partial charge in [0.25, 0.3) is 0 Å². The van der Waals surface area contributed by atoms with Crippen molar-refractivity contribution in [3.05, 3.63) is 64.8 Å². The third-order valence-corrected chi connectivity index (χ3v) is 4.67. The summed E-state index contributed by atoms with van der Waals surface area (Å²) in [7, 11) is 0. The summed E-state index contributed by atoms with van der Waals surface area (Å²) in [6.07, 6.45) is -4.45. The second kappa shape index (κ2) is 10.4. The Morgan fingerprint density at radius 2 is 1.85 bits per heavy atom. The van der Waals surface area contributed by atoms with Crippen molar-refractivity contribution in [3.63, 3.8) is 0 Å². The minimum Gasteiger partial charge on any atom is -0.487 e. The zero-order valence-corrected chi connectivity index (χ0v) is 17.9. The topological polar surface area (TPSA) is 91.0 Å². The van der Waals surface area contributed by atoms with Crippen LogP contribution in [0.1, 0.15) is 29.3 Å². The molecule has 176 valence electrons. The molecule has 1 heterocycles. The third-order valence-electron chi connectivity index (χ3n) is 4.67. The molecule has 3 rings (SSSR count). The molecule has 1 N–H and O–H groups in total. The molecule has 2 aromatic carbocycles. The number of esters is 1. The molecule has 0 unspecified atom stereocenters. The monoisotopic (exact) mass is 465 g/mol. The lowest BCUT2D eigenvalue weighted by atomic mass is 10.1. The van der Waals surface area contributed by atoms with Crippen molar-refractivity contribution in [2.45, 2.75) is 33.2 Å². The van der Waals surface area contributed by atoms with Crippen LogP contribution in [0.15, 0.2) is 47.0 Å². The molecule has 7 nitrogen and oxygen atoms in total. The van der Waals surface area contributed by atoms with E-state index in [1.54, 1.807) is 32.0 Å². The zero-order valence-electron chi connectivity index (χ0n) is 17.9. The van der Waals surface area contributed by atoms with Crippen LogP contribution in [0.4, 0.5) is 13.2 Å². The number of halogens is 3. The van der Waals surface area contributed by atoms with Crippen LogP contribution in [-0.2, 0) is 28.9 Å². The van der Waals surface area contributed by atoms with Gasteiger partial charge < -0.3 is 23.8 Å². The first-order valence-corrected chi connectivity index (χ1v) is 10.0. The first-order valence-electron chi connectivity index (χ1n) is 10.0. The predicted octanol–water partition coefficient (Wildman–Crippen LogP) is 4.68. The number of alkyl halides is 3. The first-order chi connectivity index (χ1) is 15.7. The molecule has 3 aromatic rings. The zero-order chi connectivity index (χ0) is 24.0. The minimum atomic E-state index is -4.45. The summed E-state index contributed by atoms with van der Waals surface area (Å²) in [5.74, 6) is 0.684. The van der Waals surface area contributed by atoms with Crippen LogP contribution in [-0.4, -0.2) is 29.4 Å². The van der Waals surface area contributed by atoms with Crippen molar-refractivity contribution >= 4 is 5.97 Å². The number of nitrogens with zero attached hydrogens (tertiary/aromatic N) is 1. The van der Waals surface area contributed by atoms with E-state index in [1.165, 1.54) is 12.1 Å². The molecule has 0 spiro atoms. The normalized spacial score (nSPS) is 11.3. The fourth-order valence-electron chi connectivity index (χ4n) is 3.02. The van der Waals surface area contributed by atoms with Gasteiger partial charge in [-0.3, -0.25) is 0 Å². The van der Waals surface area contributed by atoms with Crippen LogP contribution in [0.3, 0.4) is 0 Å². The minimum absolute atomic E-state index is 0.0392. The number of aliphatic hydroxyl groups is 1. The number of benzene rings is 2. The van der Waals surface area contributed by atoms with Gasteiger partial charge in [-0.05, 0) is 49.7 Å². The molecule has 0 aliphatic carbocycles. The molecule has 0 saturated carbocycles. The van der Waals surface area contributed by atoms with Crippen LogP contribution in [0.5, 0.6) is 11.5 Å². The van der Waals surface area contributed by atoms with Gasteiger partial charge >= 0.3 is 12.1 Å². The smallest absolute Gasteiger partial charge is 0.416 e. The van der Waals surface area contributed by atoms with E-state index in [4.69, 9.17) is 18.7 Å². The SMILES string of the molecule is CCOC(=O)COc1ccc(OCc2noc(-c3ccc(C(F)(F)F)cc3)c2CO)cc1C. The highest BCUT2D eigenvalue weighted by molar-refractivity contribution is 5.71. The van der Waals surface area contributed by atoms with Gasteiger partial charge in [0.05, 0.1) is 24.3 Å². The molecule has 0 amide bonds. The van der Waals surface area contributed by atoms with Gasteiger partial charge in [-0.25, -0.2) is 4.79 Å². The molecule has 0 bridgehead atoms. The van der Waals surface area contributed by atoms with E-state index in [1.807, 2.05) is 0 Å². The van der Waals surface area contributed by atoms with Crippen molar-refractivity contribution in [2.24, 2.45) is 0 Å². The lowest BCUT2D eigenvalue weighted by Crippen LogP contribution is -2.14. The maximum atomic E-state index is 12.8. The molecule has 33 heavy (non-hydrogen) atoms. The van der Waals surface area contributed by atoms with Gasteiger partial charge in [0, 0.05) is 5.56 Å². The Bertz CT molecular complexity index is 1090. The van der Waals surface area contributed by atoms with Crippen LogP contribution in [0.25, 0.3) is 11.3 Å². The maximum Gasteiger partial charge on any atom is 0.416 e. The number of aliphatic hydroxyl groups excluding tert-OH is 1. The van der Waals surface area contributed by atoms with Crippen molar-refractivity contribution in [3.8, 4) is 22.8 Å². The van der Waals surface area contributed by atoms with Gasteiger partial charge in [0.15, 0.2) is 12.4 Å². The lowest BCUT2D eigenvalue weighted by molar-refractivity contribution is -0.145. The number of hydrogen-bond acceptors (Lipinski definition) is 7. The van der Waals surface area contributed by atoms with Gasteiger partial charge in [0.1, 0.15) is 23.8 Å². The van der Waals surface area contributed by atoms with Gasteiger partial charge in [-0.2, -0.15) is 13.2 Å². The fourth-order valence-corrected chi connectivity index (χ4v) is 3.02. The van der Waals surface area contributed by atoms with Crippen LogP contribution < -0.4 is 9.47 Å². The summed E-state index contributed by atoms with van der Waals surface area (Å²) in [4.78, 5) is 11.4. The number of carbonyl (C=O) groups is 1. The summed E-state index contributed by atoms with van der Waals surface area (Å²) in [5.41, 5.74) is 0.924. The number of aryl methyl sites for hydroxylation is 1. The van der Waals surface area contributed by atoms with Gasteiger partial charge in [0.2, 0.25) is 0 Å². The Hall–Kier alpha value is -3.53. The lowest BCUT2D eigenvalue weighted by Gasteiger charge is -2.11. The first kappa shape index (κ1) is 24.1. The van der Waals surface area contributed by atoms with E-state index in [0.717, 1.165) is 17.7 Å². The Morgan fingerprint density at radius 1 is 1.12 bits per heavy atom. The molecule has 0 atom stereocenters. The number of rotatable bonds is 9. The van der Waals surface area contributed by atoms with E-state index in [9.17, 15) is 23.1 Å². The summed E-state index contributed by atoms with van der Waals surface area (Å²) in [6, 6.07) is 9.37. The van der Waals surface area contributed by atoms with Crippen molar-refractivity contribution in [2.75, 3.05) is 13.2 Å². The molecule has 1 aromatic heterocycles. The number of aromatic nitrogens is 1.